The number of imidazole rings is 1. The molecule has 2 fully saturated rings. The van der Waals surface area contributed by atoms with Crippen molar-refractivity contribution in [2.45, 2.75) is 58.2 Å². The number of nitrogens with zero attached hydrogens (tertiary/aromatic N) is 7. The summed E-state index contributed by atoms with van der Waals surface area (Å²) >= 11 is 0. The quantitative estimate of drug-likeness (QED) is 0.263. The lowest BCUT2D eigenvalue weighted by molar-refractivity contribution is -0.138. The van der Waals surface area contributed by atoms with E-state index in [1.165, 1.54) is 6.07 Å². The van der Waals surface area contributed by atoms with Crippen molar-refractivity contribution in [3.8, 4) is 0 Å². The molecule has 1 aromatic carbocycles. The summed E-state index contributed by atoms with van der Waals surface area (Å²) in [4.78, 5) is 27.5. The third kappa shape index (κ3) is 7.43. The number of rotatable bonds is 6. The highest BCUT2D eigenvalue weighted by molar-refractivity contribution is 5.77. The number of morpholine rings is 1. The standard InChI is InChI=1S/C31H41F3N8O3/c1-20-27(42-28(36-20)24(35-19-39(5)6)18-25(38-42)40-14-16-44-17-15-40)37-23-9-7-8-22(31(32,33)34)26(23)21-10-12-41(13-11-21)29(43)45-30(2,3)4/h7-9,18-19,21,37H,10-17H2,1-6H3. The molecule has 2 aliphatic heterocycles. The molecular weight excluding hydrogens is 589 g/mol. The highest BCUT2D eigenvalue weighted by Gasteiger charge is 2.38. The summed E-state index contributed by atoms with van der Waals surface area (Å²) in [6.07, 6.45) is -2.64. The lowest BCUT2D eigenvalue weighted by atomic mass is 9.85. The Morgan fingerprint density at radius 2 is 1.82 bits per heavy atom. The maximum Gasteiger partial charge on any atom is 0.416 e. The highest BCUT2D eigenvalue weighted by atomic mass is 19.4. The van der Waals surface area contributed by atoms with E-state index >= 15 is 0 Å². The molecule has 0 unspecified atom stereocenters. The van der Waals surface area contributed by atoms with Gasteiger partial charge in [-0.25, -0.2) is 14.8 Å². The molecule has 2 aliphatic rings. The Hall–Kier alpha value is -4.07. The second kappa shape index (κ2) is 12.7. The van der Waals surface area contributed by atoms with Gasteiger partial charge in [0.05, 0.1) is 30.8 Å². The first-order chi connectivity index (χ1) is 21.2. The summed E-state index contributed by atoms with van der Waals surface area (Å²) in [6.45, 7) is 10.1. The van der Waals surface area contributed by atoms with Gasteiger partial charge in [-0.2, -0.15) is 17.7 Å². The molecule has 14 heteroatoms. The van der Waals surface area contributed by atoms with Crippen molar-refractivity contribution < 1.29 is 27.4 Å². The fourth-order valence-corrected chi connectivity index (χ4v) is 5.63. The van der Waals surface area contributed by atoms with Gasteiger partial charge < -0.3 is 29.5 Å². The fraction of sp³-hybridized carbons (Fsp3) is 0.548. The molecule has 0 atom stereocenters. The number of hydrogen-bond acceptors (Lipinski definition) is 8. The van der Waals surface area contributed by atoms with Crippen LogP contribution >= 0.6 is 0 Å². The number of aliphatic imine (C=N–C) groups is 1. The molecule has 0 saturated carbocycles. The molecule has 3 aromatic rings. The van der Waals surface area contributed by atoms with Gasteiger partial charge in [0, 0.05) is 52.0 Å². The van der Waals surface area contributed by atoms with E-state index in [1.54, 1.807) is 49.5 Å². The van der Waals surface area contributed by atoms with Gasteiger partial charge >= 0.3 is 12.3 Å². The lowest BCUT2D eigenvalue weighted by Gasteiger charge is -2.35. The van der Waals surface area contributed by atoms with Gasteiger partial charge in [0.1, 0.15) is 11.3 Å². The van der Waals surface area contributed by atoms with E-state index in [0.717, 1.165) is 6.07 Å². The van der Waals surface area contributed by atoms with Crippen LogP contribution < -0.4 is 10.2 Å². The van der Waals surface area contributed by atoms with Crippen LogP contribution in [0.5, 0.6) is 0 Å². The van der Waals surface area contributed by atoms with Crippen LogP contribution in [-0.4, -0.2) is 95.9 Å². The molecule has 1 amide bonds. The Labute approximate surface area is 261 Å². The number of benzene rings is 1. The van der Waals surface area contributed by atoms with Gasteiger partial charge in [-0.15, -0.1) is 5.10 Å². The molecule has 0 aliphatic carbocycles. The van der Waals surface area contributed by atoms with Crippen LogP contribution in [0, 0.1) is 6.92 Å². The van der Waals surface area contributed by atoms with Gasteiger partial charge in [0.2, 0.25) is 0 Å². The Morgan fingerprint density at radius 3 is 2.44 bits per heavy atom. The van der Waals surface area contributed by atoms with E-state index in [2.05, 4.69) is 15.2 Å². The number of aromatic nitrogens is 3. The van der Waals surface area contributed by atoms with E-state index in [4.69, 9.17) is 19.6 Å². The number of amides is 1. The average Bonchev–Trinajstić information content (AvgIpc) is 3.29. The number of carbonyl (C=O) groups excluding carboxylic acids is 1. The van der Waals surface area contributed by atoms with Crippen molar-refractivity contribution in [3.63, 3.8) is 0 Å². The summed E-state index contributed by atoms with van der Waals surface area (Å²) in [7, 11) is 3.73. The summed E-state index contributed by atoms with van der Waals surface area (Å²) < 4.78 is 56.0. The van der Waals surface area contributed by atoms with Gasteiger partial charge in [-0.1, -0.05) is 6.07 Å². The number of piperidine rings is 1. The van der Waals surface area contributed by atoms with E-state index in [-0.39, 0.29) is 18.7 Å². The molecule has 0 radical (unpaired) electrons. The predicted molar refractivity (Wildman–Crippen MR) is 167 cm³/mol. The first-order valence-corrected chi connectivity index (χ1v) is 15.1. The monoisotopic (exact) mass is 630 g/mol. The van der Waals surface area contributed by atoms with Gasteiger partial charge in [-0.05, 0) is 64.2 Å². The molecule has 0 bridgehead atoms. The number of likely N-dealkylation sites (tertiary alicyclic amines) is 1. The van der Waals surface area contributed by atoms with E-state index < -0.39 is 29.4 Å². The van der Waals surface area contributed by atoms with Crippen molar-refractivity contribution >= 4 is 41.1 Å². The number of fused-ring (bicyclic) bond motifs is 1. The minimum atomic E-state index is -4.57. The number of aryl methyl sites for hydroxylation is 1. The first kappa shape index (κ1) is 32.3. The minimum absolute atomic E-state index is 0.165. The fourth-order valence-electron chi connectivity index (χ4n) is 5.63. The number of ether oxygens (including phenoxy) is 2. The van der Waals surface area contributed by atoms with E-state index in [1.807, 2.05) is 25.1 Å². The zero-order valence-corrected chi connectivity index (χ0v) is 26.6. The molecule has 244 valence electrons. The number of alkyl halides is 3. The molecule has 1 N–H and O–H groups in total. The number of halogens is 3. The van der Waals surface area contributed by atoms with Crippen LogP contribution in [0.4, 0.5) is 41.0 Å². The van der Waals surface area contributed by atoms with Crippen LogP contribution in [-0.2, 0) is 15.7 Å². The van der Waals surface area contributed by atoms with Crippen molar-refractivity contribution in [1.29, 1.82) is 0 Å². The summed E-state index contributed by atoms with van der Waals surface area (Å²) in [6, 6.07) is 6.04. The smallest absolute Gasteiger partial charge is 0.416 e. The third-order valence-electron chi connectivity index (χ3n) is 7.71. The van der Waals surface area contributed by atoms with Gasteiger partial charge in [-0.3, -0.25) is 0 Å². The topological polar surface area (TPSA) is 99.8 Å². The summed E-state index contributed by atoms with van der Waals surface area (Å²) in [5.74, 6) is 0.671. The molecule has 5 rings (SSSR count). The van der Waals surface area contributed by atoms with Crippen LogP contribution in [0.15, 0.2) is 29.3 Å². The average molecular weight is 631 g/mol. The summed E-state index contributed by atoms with van der Waals surface area (Å²) in [5, 5.41) is 8.16. The van der Waals surface area contributed by atoms with Crippen LogP contribution in [0.3, 0.4) is 0 Å². The number of nitrogens with one attached hydrogen (secondary N) is 1. The molecule has 2 saturated heterocycles. The minimum Gasteiger partial charge on any atom is -0.444 e. The Kier molecular flexibility index (Phi) is 9.15. The van der Waals surface area contributed by atoms with Gasteiger partial charge in [0.15, 0.2) is 17.3 Å². The zero-order valence-electron chi connectivity index (χ0n) is 26.6. The van der Waals surface area contributed by atoms with E-state index in [9.17, 15) is 18.0 Å². The highest BCUT2D eigenvalue weighted by Crippen LogP contribution is 2.44. The van der Waals surface area contributed by atoms with Crippen molar-refractivity contribution in [2.75, 3.05) is 63.7 Å². The second-order valence-corrected chi connectivity index (χ2v) is 12.6. The maximum absolute atomic E-state index is 14.5. The second-order valence-electron chi connectivity index (χ2n) is 12.6. The number of carbonyl (C=O) groups is 1. The molecular formula is C31H41F3N8O3. The largest absolute Gasteiger partial charge is 0.444 e. The molecule has 45 heavy (non-hydrogen) atoms. The van der Waals surface area contributed by atoms with Crippen molar-refractivity contribution in [1.82, 2.24) is 24.4 Å². The van der Waals surface area contributed by atoms with Crippen LogP contribution in [0.1, 0.15) is 56.4 Å². The Bertz CT molecular complexity index is 1550. The maximum atomic E-state index is 14.5. The van der Waals surface area contributed by atoms with Crippen molar-refractivity contribution in [2.24, 2.45) is 4.99 Å². The predicted octanol–water partition coefficient (Wildman–Crippen LogP) is 5.97. The molecule has 11 nitrogen and oxygen atoms in total. The number of hydrogen-bond donors (Lipinski definition) is 1. The first-order valence-electron chi connectivity index (χ1n) is 15.1. The number of anilines is 3. The third-order valence-corrected chi connectivity index (χ3v) is 7.71. The van der Waals surface area contributed by atoms with Gasteiger partial charge in [0.25, 0.3) is 0 Å². The van der Waals surface area contributed by atoms with Crippen molar-refractivity contribution in [3.05, 3.63) is 41.1 Å². The summed E-state index contributed by atoms with van der Waals surface area (Å²) in [5.41, 5.74) is 0.742. The van der Waals surface area contributed by atoms with Crippen LogP contribution in [0.25, 0.3) is 5.65 Å². The lowest BCUT2D eigenvalue weighted by Crippen LogP contribution is -2.41. The molecule has 2 aromatic heterocycles. The van der Waals surface area contributed by atoms with E-state index in [0.29, 0.717) is 73.5 Å². The Morgan fingerprint density at radius 1 is 1.13 bits per heavy atom. The molecule has 4 heterocycles. The SMILES string of the molecule is Cc1nc2c(N=CN(C)C)cc(N3CCOCC3)nn2c1Nc1cccc(C(F)(F)F)c1C1CCN(C(=O)OC(C)(C)C)CC1. The Balaban J connectivity index is 1.54. The zero-order chi connectivity index (χ0) is 32.5. The molecule has 0 spiro atoms. The van der Waals surface area contributed by atoms with Crippen LogP contribution in [0.2, 0.25) is 0 Å². The normalized spacial score (nSPS) is 16.9.